The number of fused-ring (bicyclic) bond motifs is 1. The van der Waals surface area contributed by atoms with E-state index >= 15 is 0 Å². The Labute approximate surface area is 82.9 Å². The molecule has 0 atom stereocenters. The van der Waals surface area contributed by atoms with Crippen LogP contribution in [0.1, 0.15) is 19.4 Å². The second-order valence-electron chi connectivity index (χ2n) is 2.52. The molecule has 2 heterocycles. The molecule has 0 saturated carbocycles. The van der Waals surface area contributed by atoms with E-state index in [2.05, 4.69) is 9.97 Å². The molecule has 13 heavy (non-hydrogen) atoms. The molecule has 2 aromatic heterocycles. The zero-order valence-electron chi connectivity index (χ0n) is 8.06. The summed E-state index contributed by atoms with van der Waals surface area (Å²) < 4.78 is 0. The molecule has 70 valence electrons. The van der Waals surface area contributed by atoms with E-state index in [9.17, 15) is 0 Å². The topological polar surface area (TPSA) is 28.7 Å². The number of nitrogens with one attached hydrogen (secondary N) is 1. The van der Waals surface area contributed by atoms with Gasteiger partial charge in [-0.05, 0) is 18.6 Å². The van der Waals surface area contributed by atoms with Gasteiger partial charge >= 0.3 is 0 Å². The van der Waals surface area contributed by atoms with Crippen molar-refractivity contribution < 1.29 is 0 Å². The molecule has 0 aliphatic rings. The fraction of sp³-hybridized carbons (Fsp3) is 0.300. The molecule has 0 fully saturated rings. The molecular weight excluding hydrogens is 184 g/mol. The van der Waals surface area contributed by atoms with Crippen LogP contribution in [-0.2, 0) is 0 Å². The fourth-order valence-corrected chi connectivity index (χ4v) is 1.28. The summed E-state index contributed by atoms with van der Waals surface area (Å²) >= 11 is 5.75. The number of aryl methyl sites for hydroxylation is 1. The summed E-state index contributed by atoms with van der Waals surface area (Å²) in [6, 6.07) is 1.87. The van der Waals surface area contributed by atoms with Crippen molar-refractivity contribution in [3.05, 3.63) is 29.0 Å². The third-order valence-electron chi connectivity index (χ3n) is 1.67. The molecule has 1 N–H and O–H groups in total. The summed E-state index contributed by atoms with van der Waals surface area (Å²) in [6.45, 7) is 6.01. The number of pyridine rings is 1. The lowest BCUT2D eigenvalue weighted by atomic mass is 10.3. The molecule has 0 aliphatic carbocycles. The van der Waals surface area contributed by atoms with Gasteiger partial charge in [0.15, 0.2) is 0 Å². The van der Waals surface area contributed by atoms with Gasteiger partial charge in [-0.25, -0.2) is 0 Å². The van der Waals surface area contributed by atoms with Crippen molar-refractivity contribution in [2.75, 3.05) is 0 Å². The van der Waals surface area contributed by atoms with Crippen LogP contribution in [0.5, 0.6) is 0 Å². The molecular formula is C10H13ClN2. The van der Waals surface area contributed by atoms with Crippen LogP contribution < -0.4 is 0 Å². The number of nitrogens with zero attached hydrogens (tertiary/aromatic N) is 1. The first-order valence-corrected chi connectivity index (χ1v) is 4.74. The lowest BCUT2D eigenvalue weighted by Crippen LogP contribution is -1.75. The highest BCUT2D eigenvalue weighted by atomic mass is 35.5. The maximum atomic E-state index is 5.75. The van der Waals surface area contributed by atoms with Crippen LogP contribution in [0, 0.1) is 6.92 Å². The van der Waals surface area contributed by atoms with E-state index in [4.69, 9.17) is 11.6 Å². The lowest BCUT2D eigenvalue weighted by molar-refractivity contribution is 1.39. The maximum absolute atomic E-state index is 5.75. The van der Waals surface area contributed by atoms with E-state index in [-0.39, 0.29) is 0 Å². The highest BCUT2D eigenvalue weighted by Gasteiger charge is 1.99. The first-order chi connectivity index (χ1) is 6.27. The summed E-state index contributed by atoms with van der Waals surface area (Å²) in [5.74, 6) is 0. The predicted molar refractivity (Wildman–Crippen MR) is 57.2 cm³/mol. The summed E-state index contributed by atoms with van der Waals surface area (Å²) in [5.41, 5.74) is 3.14. The smallest absolute Gasteiger partial charge is 0.0909 e. The standard InChI is InChI=1S/C8H7ClN2.C2H6/c1-5-3-10-7-2-6(9)4-11-8(5)7;1-2/h2-4,10H,1H3;1-2H3. The highest BCUT2D eigenvalue weighted by molar-refractivity contribution is 6.31. The van der Waals surface area contributed by atoms with Gasteiger partial charge in [-0.1, -0.05) is 25.4 Å². The van der Waals surface area contributed by atoms with Crippen molar-refractivity contribution in [3.63, 3.8) is 0 Å². The van der Waals surface area contributed by atoms with Gasteiger partial charge in [-0.2, -0.15) is 0 Å². The Morgan fingerprint density at radius 1 is 1.38 bits per heavy atom. The Bertz CT molecular complexity index is 393. The molecule has 3 heteroatoms. The quantitative estimate of drug-likeness (QED) is 0.686. The molecule has 0 spiro atoms. The van der Waals surface area contributed by atoms with Gasteiger partial charge in [0, 0.05) is 12.4 Å². The Balaban J connectivity index is 0.000000396. The Morgan fingerprint density at radius 2 is 2.08 bits per heavy atom. The van der Waals surface area contributed by atoms with Crippen molar-refractivity contribution in [2.45, 2.75) is 20.8 Å². The number of rotatable bonds is 0. The van der Waals surface area contributed by atoms with Gasteiger partial charge in [0.05, 0.1) is 16.1 Å². The number of aromatic amines is 1. The van der Waals surface area contributed by atoms with Gasteiger partial charge in [0.2, 0.25) is 0 Å². The van der Waals surface area contributed by atoms with Gasteiger partial charge in [-0.15, -0.1) is 0 Å². The summed E-state index contributed by atoms with van der Waals surface area (Å²) in [6.07, 6.45) is 3.58. The van der Waals surface area contributed by atoms with E-state index in [1.165, 1.54) is 0 Å². The number of hydrogen-bond acceptors (Lipinski definition) is 1. The SMILES string of the molecule is CC.Cc1c[nH]c2cc(Cl)cnc12. The van der Waals surface area contributed by atoms with Crippen LogP contribution in [0.3, 0.4) is 0 Å². The van der Waals surface area contributed by atoms with Crippen molar-refractivity contribution in [1.82, 2.24) is 9.97 Å². The van der Waals surface area contributed by atoms with Gasteiger partial charge in [0.25, 0.3) is 0 Å². The van der Waals surface area contributed by atoms with Crippen molar-refractivity contribution in [3.8, 4) is 0 Å². The number of H-pyrrole nitrogens is 1. The largest absolute Gasteiger partial charge is 0.360 e. The zero-order chi connectivity index (χ0) is 9.84. The molecule has 0 aliphatic heterocycles. The number of halogens is 1. The molecule has 0 unspecified atom stereocenters. The van der Waals surface area contributed by atoms with Crippen LogP contribution in [0.15, 0.2) is 18.5 Å². The van der Waals surface area contributed by atoms with E-state index in [0.29, 0.717) is 5.02 Å². The number of hydrogen-bond donors (Lipinski definition) is 1. The lowest BCUT2D eigenvalue weighted by Gasteiger charge is -1.90. The van der Waals surface area contributed by atoms with Crippen LogP contribution >= 0.6 is 11.6 Å². The first-order valence-electron chi connectivity index (χ1n) is 4.36. The van der Waals surface area contributed by atoms with Crippen molar-refractivity contribution in [1.29, 1.82) is 0 Å². The Hall–Kier alpha value is -1.02. The average molecular weight is 197 g/mol. The third-order valence-corrected chi connectivity index (χ3v) is 1.88. The Kier molecular flexibility index (Phi) is 3.32. The van der Waals surface area contributed by atoms with E-state index in [1.54, 1.807) is 6.20 Å². The zero-order valence-corrected chi connectivity index (χ0v) is 8.81. The molecule has 0 amide bonds. The summed E-state index contributed by atoms with van der Waals surface area (Å²) in [4.78, 5) is 7.26. The second-order valence-corrected chi connectivity index (χ2v) is 2.96. The molecule has 0 bridgehead atoms. The highest BCUT2D eigenvalue weighted by Crippen LogP contribution is 2.17. The molecule has 0 saturated heterocycles. The van der Waals surface area contributed by atoms with E-state index < -0.39 is 0 Å². The molecule has 2 rings (SSSR count). The second kappa shape index (κ2) is 4.28. The minimum atomic E-state index is 0.666. The molecule has 0 aromatic carbocycles. The summed E-state index contributed by atoms with van der Waals surface area (Å²) in [7, 11) is 0. The molecule has 0 radical (unpaired) electrons. The first kappa shape index (κ1) is 10.1. The summed E-state index contributed by atoms with van der Waals surface area (Å²) in [5, 5.41) is 0.666. The van der Waals surface area contributed by atoms with E-state index in [0.717, 1.165) is 16.6 Å². The van der Waals surface area contributed by atoms with Crippen LogP contribution in [-0.4, -0.2) is 9.97 Å². The normalized spacial score (nSPS) is 9.54. The van der Waals surface area contributed by atoms with Gasteiger partial charge < -0.3 is 4.98 Å². The van der Waals surface area contributed by atoms with Gasteiger partial charge in [-0.3, -0.25) is 4.98 Å². The van der Waals surface area contributed by atoms with E-state index in [1.807, 2.05) is 33.0 Å². The molecule has 2 nitrogen and oxygen atoms in total. The van der Waals surface area contributed by atoms with Crippen LogP contribution in [0.25, 0.3) is 11.0 Å². The monoisotopic (exact) mass is 196 g/mol. The van der Waals surface area contributed by atoms with Crippen molar-refractivity contribution >= 4 is 22.6 Å². The predicted octanol–water partition coefficient (Wildman–Crippen LogP) is 3.55. The maximum Gasteiger partial charge on any atom is 0.0909 e. The van der Waals surface area contributed by atoms with Gasteiger partial charge in [0.1, 0.15) is 0 Å². The third kappa shape index (κ3) is 2.01. The average Bonchev–Trinajstić information content (AvgIpc) is 2.51. The Morgan fingerprint density at radius 3 is 2.77 bits per heavy atom. The molecule has 2 aromatic rings. The van der Waals surface area contributed by atoms with Crippen LogP contribution in [0.4, 0.5) is 0 Å². The van der Waals surface area contributed by atoms with Crippen molar-refractivity contribution in [2.24, 2.45) is 0 Å². The fourth-order valence-electron chi connectivity index (χ4n) is 1.12. The van der Waals surface area contributed by atoms with Crippen LogP contribution in [0.2, 0.25) is 5.02 Å². The minimum Gasteiger partial charge on any atom is -0.360 e. The number of aromatic nitrogens is 2. The minimum absolute atomic E-state index is 0.666.